The van der Waals surface area contributed by atoms with Crippen LogP contribution in [-0.4, -0.2) is 6.04 Å². The van der Waals surface area contributed by atoms with Crippen molar-refractivity contribution < 1.29 is 0 Å². The molecule has 0 aliphatic carbocycles. The highest BCUT2D eigenvalue weighted by Gasteiger charge is 2.24. The number of hydrogen-bond donors (Lipinski definition) is 1. The van der Waals surface area contributed by atoms with Crippen molar-refractivity contribution in [3.8, 4) is 0 Å². The van der Waals surface area contributed by atoms with E-state index in [9.17, 15) is 0 Å². The SMILES string of the molecule is CCCC=CCC(C)CC(C)(C)C(C)N. The lowest BCUT2D eigenvalue weighted by molar-refractivity contribution is 0.234. The number of hydrogen-bond acceptors (Lipinski definition) is 1. The van der Waals surface area contributed by atoms with Gasteiger partial charge in [0.25, 0.3) is 0 Å². The maximum atomic E-state index is 5.98. The van der Waals surface area contributed by atoms with Crippen molar-refractivity contribution in [3.05, 3.63) is 12.2 Å². The van der Waals surface area contributed by atoms with E-state index in [0.29, 0.717) is 0 Å². The van der Waals surface area contributed by atoms with Crippen LogP contribution in [0.25, 0.3) is 0 Å². The molecule has 15 heavy (non-hydrogen) atoms. The predicted octanol–water partition coefficient (Wildman–Crippen LogP) is 4.13. The molecule has 0 radical (unpaired) electrons. The van der Waals surface area contributed by atoms with Gasteiger partial charge in [-0.25, -0.2) is 0 Å². The molecule has 1 nitrogen and oxygen atoms in total. The predicted molar refractivity (Wildman–Crippen MR) is 69.9 cm³/mol. The molecule has 0 saturated heterocycles. The molecule has 0 saturated carbocycles. The van der Waals surface area contributed by atoms with E-state index in [4.69, 9.17) is 5.73 Å². The van der Waals surface area contributed by atoms with Gasteiger partial charge in [-0.2, -0.15) is 0 Å². The van der Waals surface area contributed by atoms with Crippen LogP contribution < -0.4 is 5.73 Å². The molecule has 0 aliphatic rings. The molecule has 0 spiro atoms. The van der Waals surface area contributed by atoms with Crippen LogP contribution in [0.15, 0.2) is 12.2 Å². The first-order valence-electron chi connectivity index (χ1n) is 6.30. The lowest BCUT2D eigenvalue weighted by atomic mass is 9.77. The van der Waals surface area contributed by atoms with Crippen molar-refractivity contribution in [2.45, 2.75) is 66.3 Å². The van der Waals surface area contributed by atoms with Crippen molar-refractivity contribution in [2.24, 2.45) is 17.1 Å². The minimum atomic E-state index is 0.262. The summed E-state index contributed by atoms with van der Waals surface area (Å²) in [6, 6.07) is 0.277. The average molecular weight is 211 g/mol. The van der Waals surface area contributed by atoms with Gasteiger partial charge in [0.2, 0.25) is 0 Å². The molecule has 0 aromatic carbocycles. The minimum Gasteiger partial charge on any atom is -0.327 e. The second-order valence-electron chi connectivity index (χ2n) is 5.58. The van der Waals surface area contributed by atoms with Crippen LogP contribution in [0, 0.1) is 11.3 Å². The fourth-order valence-electron chi connectivity index (χ4n) is 1.78. The molecule has 2 N–H and O–H groups in total. The maximum Gasteiger partial charge on any atom is 0.00618 e. The van der Waals surface area contributed by atoms with Crippen molar-refractivity contribution >= 4 is 0 Å². The molecule has 0 bridgehead atoms. The van der Waals surface area contributed by atoms with Gasteiger partial charge in [-0.3, -0.25) is 0 Å². The average Bonchev–Trinajstić information content (AvgIpc) is 2.11. The topological polar surface area (TPSA) is 26.0 Å². The Hall–Kier alpha value is -0.300. The van der Waals surface area contributed by atoms with Gasteiger partial charge in [0.05, 0.1) is 0 Å². The van der Waals surface area contributed by atoms with Crippen LogP contribution in [0.3, 0.4) is 0 Å². The lowest BCUT2D eigenvalue weighted by Gasteiger charge is -2.31. The first kappa shape index (κ1) is 14.7. The van der Waals surface area contributed by atoms with Crippen LogP contribution in [0.2, 0.25) is 0 Å². The molecule has 0 aromatic heterocycles. The van der Waals surface area contributed by atoms with E-state index >= 15 is 0 Å². The molecular weight excluding hydrogens is 182 g/mol. The highest BCUT2D eigenvalue weighted by Crippen LogP contribution is 2.29. The minimum absolute atomic E-state index is 0.262. The summed E-state index contributed by atoms with van der Waals surface area (Å²) >= 11 is 0. The number of unbranched alkanes of at least 4 members (excludes halogenated alkanes) is 1. The van der Waals surface area contributed by atoms with Gasteiger partial charge in [0.1, 0.15) is 0 Å². The van der Waals surface area contributed by atoms with Crippen LogP contribution in [0.4, 0.5) is 0 Å². The number of nitrogens with two attached hydrogens (primary N) is 1. The van der Waals surface area contributed by atoms with E-state index in [-0.39, 0.29) is 11.5 Å². The standard InChI is InChI=1S/C14H29N/c1-6-7-8-9-10-12(2)11-14(4,5)13(3)15/h8-9,12-13H,6-7,10-11,15H2,1-5H3. The fraction of sp³-hybridized carbons (Fsp3) is 0.857. The summed E-state index contributed by atoms with van der Waals surface area (Å²) in [5, 5.41) is 0. The van der Waals surface area contributed by atoms with Crippen LogP contribution >= 0.6 is 0 Å². The molecule has 2 atom stereocenters. The molecule has 0 fully saturated rings. The van der Waals surface area contributed by atoms with Crippen LogP contribution in [-0.2, 0) is 0 Å². The second kappa shape index (κ2) is 7.05. The van der Waals surface area contributed by atoms with Crippen molar-refractivity contribution in [1.29, 1.82) is 0 Å². The molecule has 0 aliphatic heterocycles. The van der Waals surface area contributed by atoms with Gasteiger partial charge < -0.3 is 5.73 Å². The molecule has 0 aromatic rings. The van der Waals surface area contributed by atoms with Crippen molar-refractivity contribution in [3.63, 3.8) is 0 Å². The van der Waals surface area contributed by atoms with Gasteiger partial charge in [-0.05, 0) is 37.5 Å². The van der Waals surface area contributed by atoms with Crippen LogP contribution in [0.1, 0.15) is 60.3 Å². The number of allylic oxidation sites excluding steroid dienone is 2. The normalized spacial score (nSPS) is 16.9. The first-order valence-corrected chi connectivity index (χ1v) is 6.30. The van der Waals surface area contributed by atoms with Crippen molar-refractivity contribution in [2.75, 3.05) is 0 Å². The Morgan fingerprint density at radius 1 is 1.20 bits per heavy atom. The molecule has 0 amide bonds. The molecular formula is C14H29N. The monoisotopic (exact) mass is 211 g/mol. The fourth-order valence-corrected chi connectivity index (χ4v) is 1.78. The largest absolute Gasteiger partial charge is 0.327 e. The molecule has 0 heterocycles. The van der Waals surface area contributed by atoms with Gasteiger partial charge in [0.15, 0.2) is 0 Å². The summed E-state index contributed by atoms with van der Waals surface area (Å²) in [5.74, 6) is 0.735. The van der Waals surface area contributed by atoms with Gasteiger partial charge >= 0.3 is 0 Å². The first-order chi connectivity index (χ1) is 6.90. The molecule has 1 heteroatoms. The third-order valence-corrected chi connectivity index (χ3v) is 3.27. The van der Waals surface area contributed by atoms with Gasteiger partial charge in [0, 0.05) is 6.04 Å². The third kappa shape index (κ3) is 6.72. The smallest absolute Gasteiger partial charge is 0.00618 e. The Bertz CT molecular complexity index is 180. The summed E-state index contributed by atoms with van der Waals surface area (Å²) in [6.45, 7) is 11.2. The molecule has 0 rings (SSSR count). The Morgan fingerprint density at radius 2 is 1.80 bits per heavy atom. The Kier molecular flexibility index (Phi) is 6.91. The Labute approximate surface area is 96.1 Å². The van der Waals surface area contributed by atoms with E-state index in [0.717, 1.165) is 5.92 Å². The van der Waals surface area contributed by atoms with Crippen LogP contribution in [0.5, 0.6) is 0 Å². The van der Waals surface area contributed by atoms with Gasteiger partial charge in [-0.15, -0.1) is 0 Å². The second-order valence-corrected chi connectivity index (χ2v) is 5.58. The lowest BCUT2D eigenvalue weighted by Crippen LogP contribution is -2.35. The zero-order valence-electron chi connectivity index (χ0n) is 11.2. The summed E-state index contributed by atoms with van der Waals surface area (Å²) < 4.78 is 0. The maximum absolute atomic E-state index is 5.98. The highest BCUT2D eigenvalue weighted by molar-refractivity contribution is 4.86. The number of rotatable bonds is 7. The van der Waals surface area contributed by atoms with Crippen molar-refractivity contribution in [1.82, 2.24) is 0 Å². The van der Waals surface area contributed by atoms with E-state index in [1.165, 1.54) is 25.7 Å². The summed E-state index contributed by atoms with van der Waals surface area (Å²) in [5.41, 5.74) is 6.24. The summed E-state index contributed by atoms with van der Waals surface area (Å²) in [7, 11) is 0. The summed E-state index contributed by atoms with van der Waals surface area (Å²) in [4.78, 5) is 0. The quantitative estimate of drug-likeness (QED) is 0.629. The van der Waals surface area contributed by atoms with Gasteiger partial charge in [-0.1, -0.05) is 46.3 Å². The molecule has 2 unspecified atom stereocenters. The third-order valence-electron chi connectivity index (χ3n) is 3.27. The van der Waals surface area contributed by atoms with E-state index in [1.54, 1.807) is 0 Å². The van der Waals surface area contributed by atoms with E-state index < -0.39 is 0 Å². The Morgan fingerprint density at radius 3 is 2.27 bits per heavy atom. The van der Waals surface area contributed by atoms with E-state index in [2.05, 4.69) is 46.8 Å². The molecule has 90 valence electrons. The van der Waals surface area contributed by atoms with E-state index in [1.807, 2.05) is 0 Å². The Balaban J connectivity index is 3.87. The zero-order chi connectivity index (χ0) is 11.9. The zero-order valence-corrected chi connectivity index (χ0v) is 11.2. The highest BCUT2D eigenvalue weighted by atomic mass is 14.7. The summed E-state index contributed by atoms with van der Waals surface area (Å²) in [6.07, 6.45) is 9.48.